The van der Waals surface area contributed by atoms with Gasteiger partial charge in [0.25, 0.3) is 5.91 Å². The molecule has 34 heavy (non-hydrogen) atoms. The van der Waals surface area contributed by atoms with Crippen molar-refractivity contribution in [3.05, 3.63) is 64.6 Å². The molecule has 0 spiro atoms. The largest absolute Gasteiger partial charge is 0.420 e. The molecule has 1 aromatic carbocycles. The van der Waals surface area contributed by atoms with Gasteiger partial charge in [-0.1, -0.05) is 0 Å². The molecular weight excluding hydrogens is 449 g/mol. The number of hydrogen-bond acceptors (Lipinski definition) is 8. The predicted molar refractivity (Wildman–Crippen MR) is 120 cm³/mol. The monoisotopic (exact) mass is 466 g/mol. The Hall–Kier alpha value is -4.66. The van der Waals surface area contributed by atoms with E-state index in [4.69, 9.17) is 10.7 Å². The van der Waals surface area contributed by atoms with E-state index < -0.39 is 23.5 Å². The smallest absolute Gasteiger partial charge is 0.320 e. The van der Waals surface area contributed by atoms with Crippen LogP contribution >= 0.6 is 0 Å². The third-order valence-corrected chi connectivity index (χ3v) is 4.59. The fourth-order valence-electron chi connectivity index (χ4n) is 2.98. The van der Waals surface area contributed by atoms with Gasteiger partial charge in [0.05, 0.1) is 41.0 Å². The Morgan fingerprint density at radius 3 is 2.59 bits per heavy atom. The summed E-state index contributed by atoms with van der Waals surface area (Å²) in [7, 11) is 0. The quantitative estimate of drug-likeness (QED) is 0.365. The highest BCUT2D eigenvalue weighted by molar-refractivity contribution is 6.14. The molecular formula is C22H17F3N8O. The van der Waals surface area contributed by atoms with Crippen molar-refractivity contribution in [3.63, 3.8) is 0 Å². The normalized spacial score (nSPS) is 11.2. The van der Waals surface area contributed by atoms with E-state index >= 15 is 0 Å². The van der Waals surface area contributed by atoms with Crippen LogP contribution in [0.1, 0.15) is 32.7 Å². The summed E-state index contributed by atoms with van der Waals surface area (Å²) >= 11 is 0. The number of hydrogen-bond donors (Lipinski definition) is 3. The summed E-state index contributed by atoms with van der Waals surface area (Å²) in [5.74, 6) is -0.943. The lowest BCUT2D eigenvalue weighted by Gasteiger charge is -2.14. The van der Waals surface area contributed by atoms with Gasteiger partial charge in [-0.15, -0.1) is 0 Å². The number of aryl methyl sites for hydroxylation is 2. The van der Waals surface area contributed by atoms with Crippen molar-refractivity contribution in [1.82, 2.24) is 15.0 Å². The standard InChI is InChI=1S/C22H17F3N8O/c1-12-7-14(9-27)3-4-16(12)19-29-11-17(13(2)31-19)21(34)32-15-8-18(22(23,24)25)20(28-10-15)33-30-6-5-26/h3-8,10-11,26H,1-2H3,(H,28,33)(H,32,34)/b26-5?,30-6-. The first-order valence-corrected chi connectivity index (χ1v) is 9.65. The maximum Gasteiger partial charge on any atom is 0.420 e. The first-order valence-electron chi connectivity index (χ1n) is 9.65. The van der Waals surface area contributed by atoms with E-state index in [-0.39, 0.29) is 11.3 Å². The highest BCUT2D eigenvalue weighted by Gasteiger charge is 2.35. The van der Waals surface area contributed by atoms with Crippen LogP contribution in [-0.2, 0) is 6.18 Å². The summed E-state index contributed by atoms with van der Waals surface area (Å²) < 4.78 is 40.3. The molecule has 1 amide bonds. The molecule has 12 heteroatoms. The van der Waals surface area contributed by atoms with Gasteiger partial charge in [0.1, 0.15) is 5.56 Å². The van der Waals surface area contributed by atoms with E-state index in [1.165, 1.54) is 6.20 Å². The number of nitriles is 1. The van der Waals surface area contributed by atoms with Gasteiger partial charge in [-0.05, 0) is 43.7 Å². The molecule has 2 aromatic heterocycles. The molecule has 3 aromatic rings. The molecule has 172 valence electrons. The molecule has 0 aliphatic carbocycles. The zero-order valence-electron chi connectivity index (χ0n) is 17.9. The van der Waals surface area contributed by atoms with Crippen molar-refractivity contribution in [2.24, 2.45) is 5.10 Å². The Morgan fingerprint density at radius 1 is 1.21 bits per heavy atom. The number of nitrogens with zero attached hydrogens (tertiary/aromatic N) is 5. The highest BCUT2D eigenvalue weighted by atomic mass is 19.4. The van der Waals surface area contributed by atoms with Gasteiger partial charge in [0.2, 0.25) is 0 Å². The maximum atomic E-state index is 13.4. The fraction of sp³-hybridized carbons (Fsp3) is 0.136. The zero-order chi connectivity index (χ0) is 24.9. The SMILES string of the molecule is Cc1cc(C#N)ccc1-c1ncc(C(=O)Nc2cnc(N/N=C\C=N)c(C(F)(F)F)c2)c(C)n1. The number of amides is 1. The average Bonchev–Trinajstić information content (AvgIpc) is 2.79. The van der Waals surface area contributed by atoms with Crippen molar-refractivity contribution in [1.29, 1.82) is 10.7 Å². The van der Waals surface area contributed by atoms with Crippen LogP contribution in [-0.4, -0.2) is 33.3 Å². The summed E-state index contributed by atoms with van der Waals surface area (Å²) in [6.45, 7) is 3.38. The van der Waals surface area contributed by atoms with E-state index in [9.17, 15) is 18.0 Å². The Balaban J connectivity index is 1.86. The molecule has 0 unspecified atom stereocenters. The number of rotatable bonds is 6. The molecule has 3 rings (SSSR count). The number of nitrogens with one attached hydrogen (secondary N) is 3. The lowest BCUT2D eigenvalue weighted by Crippen LogP contribution is -2.17. The minimum atomic E-state index is -4.77. The van der Waals surface area contributed by atoms with Crippen LogP contribution in [0.25, 0.3) is 11.4 Å². The number of halogens is 3. The number of aromatic nitrogens is 3. The zero-order valence-corrected chi connectivity index (χ0v) is 17.9. The summed E-state index contributed by atoms with van der Waals surface area (Å²) in [5, 5.41) is 21.6. The summed E-state index contributed by atoms with van der Waals surface area (Å²) in [5.41, 5.74) is 3.11. The van der Waals surface area contributed by atoms with Crippen LogP contribution in [0.5, 0.6) is 0 Å². The average molecular weight is 466 g/mol. The molecule has 0 saturated carbocycles. The molecule has 0 aliphatic heterocycles. The Kier molecular flexibility index (Phi) is 6.96. The fourth-order valence-corrected chi connectivity index (χ4v) is 2.98. The number of hydrazone groups is 1. The molecule has 9 nitrogen and oxygen atoms in total. The molecule has 0 atom stereocenters. The molecule has 2 heterocycles. The number of carbonyl (C=O) groups excluding carboxylic acids is 1. The van der Waals surface area contributed by atoms with E-state index in [1.807, 2.05) is 6.07 Å². The first-order chi connectivity index (χ1) is 16.1. The van der Waals surface area contributed by atoms with Crippen molar-refractivity contribution >= 4 is 29.8 Å². The van der Waals surface area contributed by atoms with Gasteiger partial charge in [-0.25, -0.2) is 15.0 Å². The van der Waals surface area contributed by atoms with Crippen LogP contribution in [0, 0.1) is 30.6 Å². The topological polar surface area (TPSA) is 140 Å². The summed E-state index contributed by atoms with van der Waals surface area (Å²) in [4.78, 5) is 24.9. The third-order valence-electron chi connectivity index (χ3n) is 4.59. The Morgan fingerprint density at radius 2 is 1.97 bits per heavy atom. The minimum Gasteiger partial charge on any atom is -0.320 e. The maximum absolute atomic E-state index is 13.4. The number of anilines is 2. The van der Waals surface area contributed by atoms with Crippen molar-refractivity contribution in [3.8, 4) is 17.5 Å². The second-order valence-corrected chi connectivity index (χ2v) is 6.96. The molecule has 0 radical (unpaired) electrons. The third kappa shape index (κ3) is 5.39. The number of pyridine rings is 1. The molecule has 0 aliphatic rings. The van der Waals surface area contributed by atoms with Gasteiger partial charge in [0, 0.05) is 18.0 Å². The van der Waals surface area contributed by atoms with Gasteiger partial charge < -0.3 is 10.7 Å². The van der Waals surface area contributed by atoms with Gasteiger partial charge >= 0.3 is 6.18 Å². The Labute approximate surface area is 191 Å². The molecule has 0 saturated heterocycles. The highest BCUT2D eigenvalue weighted by Crippen LogP contribution is 2.35. The van der Waals surface area contributed by atoms with Crippen LogP contribution in [0.2, 0.25) is 0 Å². The van der Waals surface area contributed by atoms with E-state index in [0.29, 0.717) is 22.6 Å². The van der Waals surface area contributed by atoms with E-state index in [2.05, 4.69) is 30.8 Å². The van der Waals surface area contributed by atoms with Crippen molar-refractivity contribution in [2.45, 2.75) is 20.0 Å². The summed E-state index contributed by atoms with van der Waals surface area (Å²) in [6, 6.07) is 7.78. The lowest BCUT2D eigenvalue weighted by molar-refractivity contribution is -0.137. The molecule has 0 fully saturated rings. The van der Waals surface area contributed by atoms with Gasteiger partial charge in [0.15, 0.2) is 11.6 Å². The molecule has 0 bridgehead atoms. The van der Waals surface area contributed by atoms with Crippen LogP contribution in [0.4, 0.5) is 24.7 Å². The lowest BCUT2D eigenvalue weighted by atomic mass is 10.0. The second-order valence-electron chi connectivity index (χ2n) is 6.96. The Bertz CT molecular complexity index is 1330. The van der Waals surface area contributed by atoms with Gasteiger partial charge in [-0.2, -0.15) is 23.5 Å². The van der Waals surface area contributed by atoms with Crippen molar-refractivity contribution in [2.75, 3.05) is 10.7 Å². The van der Waals surface area contributed by atoms with Crippen molar-refractivity contribution < 1.29 is 18.0 Å². The second kappa shape index (κ2) is 9.86. The predicted octanol–water partition coefficient (Wildman–Crippen LogP) is 4.35. The van der Waals surface area contributed by atoms with Gasteiger partial charge in [-0.3, -0.25) is 10.2 Å². The number of alkyl halides is 3. The minimum absolute atomic E-state index is 0.0707. The molecule has 3 N–H and O–H groups in total. The van der Waals surface area contributed by atoms with E-state index in [1.54, 1.807) is 32.0 Å². The van der Waals surface area contributed by atoms with Crippen LogP contribution in [0.15, 0.2) is 41.8 Å². The van der Waals surface area contributed by atoms with E-state index in [0.717, 1.165) is 30.3 Å². The summed E-state index contributed by atoms with van der Waals surface area (Å²) in [6.07, 6.45) is -0.711. The van der Waals surface area contributed by atoms with Crippen LogP contribution in [0.3, 0.4) is 0 Å². The number of carbonyl (C=O) groups is 1. The van der Waals surface area contributed by atoms with Crippen LogP contribution < -0.4 is 10.7 Å². The first kappa shape index (κ1) is 24.0. The number of benzene rings is 1.